The smallest absolute Gasteiger partial charge is 0.220 e. The van der Waals surface area contributed by atoms with Gasteiger partial charge in [0.15, 0.2) is 17.3 Å². The number of hydrogen-bond donors (Lipinski definition) is 1. The molecular weight excluding hydrogens is 414 g/mol. The number of aryl methyl sites for hydroxylation is 1. The van der Waals surface area contributed by atoms with Crippen LogP contribution in [0.3, 0.4) is 0 Å². The Hall–Kier alpha value is -2.34. The molecule has 2 aromatic rings. The molecule has 1 amide bonds. The van der Waals surface area contributed by atoms with E-state index in [-0.39, 0.29) is 5.91 Å². The zero-order valence-corrected chi connectivity index (χ0v) is 18.4. The Balaban J connectivity index is 1.14. The minimum absolute atomic E-state index is 0.0176. The van der Waals surface area contributed by atoms with E-state index in [4.69, 9.17) is 19.3 Å². The summed E-state index contributed by atoms with van der Waals surface area (Å²) in [5.74, 6) is 1.18. The third kappa shape index (κ3) is 4.85. The van der Waals surface area contributed by atoms with Gasteiger partial charge in [0, 0.05) is 65.0 Å². The zero-order valence-electron chi connectivity index (χ0n) is 18.4. The summed E-state index contributed by atoms with van der Waals surface area (Å²) in [6.07, 6.45) is 2.50. The van der Waals surface area contributed by atoms with Gasteiger partial charge in [-0.2, -0.15) is 4.52 Å². The average Bonchev–Trinajstić information content (AvgIpc) is 3.46. The first-order chi connectivity index (χ1) is 15.7. The maximum atomic E-state index is 12.3. The minimum atomic E-state index is -0.405. The average molecular weight is 446 g/mol. The molecule has 1 N–H and O–H groups in total. The van der Waals surface area contributed by atoms with E-state index in [1.165, 1.54) is 0 Å². The van der Waals surface area contributed by atoms with Crippen molar-refractivity contribution in [3.05, 3.63) is 18.0 Å². The standard InChI is InChI=1S/C21H31N7O4/c29-20(22-7-10-26-11-13-30-14-12-26)4-3-18-24-23-17-1-2-19(25-28(17)18)27-8-5-21(6-9-27)31-15-16-32-21/h1-2H,3-16H2,(H,22,29). The third-order valence-electron chi connectivity index (χ3n) is 6.41. The van der Waals surface area contributed by atoms with Gasteiger partial charge in [0.05, 0.1) is 26.4 Å². The van der Waals surface area contributed by atoms with Crippen molar-refractivity contribution >= 4 is 17.4 Å². The first-order valence-corrected chi connectivity index (χ1v) is 11.5. The number of nitrogens with zero attached hydrogens (tertiary/aromatic N) is 6. The van der Waals surface area contributed by atoms with Gasteiger partial charge in [0.25, 0.3) is 0 Å². The van der Waals surface area contributed by atoms with Crippen molar-refractivity contribution < 1.29 is 19.0 Å². The Kier molecular flexibility index (Phi) is 6.49. The molecule has 32 heavy (non-hydrogen) atoms. The molecule has 3 saturated heterocycles. The fraction of sp³-hybridized carbons (Fsp3) is 0.714. The van der Waals surface area contributed by atoms with Gasteiger partial charge < -0.3 is 24.4 Å². The first-order valence-electron chi connectivity index (χ1n) is 11.5. The zero-order chi connectivity index (χ0) is 21.8. The summed E-state index contributed by atoms with van der Waals surface area (Å²) in [6, 6.07) is 3.90. The van der Waals surface area contributed by atoms with Crippen LogP contribution < -0.4 is 10.2 Å². The van der Waals surface area contributed by atoms with E-state index >= 15 is 0 Å². The van der Waals surface area contributed by atoms with Crippen molar-refractivity contribution in [3.8, 4) is 0 Å². The second-order valence-corrected chi connectivity index (χ2v) is 8.48. The van der Waals surface area contributed by atoms with Crippen molar-refractivity contribution in [2.75, 3.05) is 70.6 Å². The number of fused-ring (bicyclic) bond motifs is 1. The molecule has 0 saturated carbocycles. The van der Waals surface area contributed by atoms with Crippen molar-refractivity contribution in [1.29, 1.82) is 0 Å². The first kappa shape index (κ1) is 21.5. The Labute approximate surface area is 187 Å². The van der Waals surface area contributed by atoms with E-state index in [2.05, 4.69) is 25.3 Å². The molecule has 3 aliphatic heterocycles. The van der Waals surface area contributed by atoms with Crippen LogP contribution in [0.5, 0.6) is 0 Å². The fourth-order valence-electron chi connectivity index (χ4n) is 4.50. The molecule has 0 radical (unpaired) electrons. The Morgan fingerprint density at radius 2 is 1.81 bits per heavy atom. The van der Waals surface area contributed by atoms with Gasteiger partial charge in [-0.1, -0.05) is 0 Å². The molecule has 3 aliphatic rings. The molecule has 174 valence electrons. The quantitative estimate of drug-likeness (QED) is 0.623. The predicted molar refractivity (Wildman–Crippen MR) is 115 cm³/mol. The van der Waals surface area contributed by atoms with E-state index in [1.54, 1.807) is 4.52 Å². The highest BCUT2D eigenvalue weighted by molar-refractivity contribution is 5.76. The van der Waals surface area contributed by atoms with Gasteiger partial charge in [-0.15, -0.1) is 15.3 Å². The molecule has 2 aromatic heterocycles. The number of anilines is 1. The lowest BCUT2D eigenvalue weighted by Gasteiger charge is -2.38. The third-order valence-corrected chi connectivity index (χ3v) is 6.41. The van der Waals surface area contributed by atoms with Crippen LogP contribution in [0, 0.1) is 0 Å². The highest BCUT2D eigenvalue weighted by Crippen LogP contribution is 2.32. The minimum Gasteiger partial charge on any atom is -0.379 e. The number of carbonyl (C=O) groups is 1. The summed E-state index contributed by atoms with van der Waals surface area (Å²) >= 11 is 0. The SMILES string of the molecule is O=C(CCc1nnc2ccc(N3CCC4(CC3)OCCO4)nn12)NCCN1CCOCC1. The van der Waals surface area contributed by atoms with Crippen LogP contribution in [0.1, 0.15) is 25.1 Å². The highest BCUT2D eigenvalue weighted by Gasteiger charge is 2.40. The van der Waals surface area contributed by atoms with Crippen LogP contribution in [-0.2, 0) is 25.4 Å². The van der Waals surface area contributed by atoms with Gasteiger partial charge in [-0.3, -0.25) is 9.69 Å². The maximum Gasteiger partial charge on any atom is 0.220 e. The van der Waals surface area contributed by atoms with Gasteiger partial charge >= 0.3 is 0 Å². The lowest BCUT2D eigenvalue weighted by molar-refractivity contribution is -0.169. The number of aromatic nitrogens is 4. The topological polar surface area (TPSA) is 106 Å². The predicted octanol–water partition coefficient (Wildman–Crippen LogP) is -0.151. The summed E-state index contributed by atoms with van der Waals surface area (Å²) in [4.78, 5) is 16.8. The monoisotopic (exact) mass is 445 g/mol. The number of amides is 1. The lowest BCUT2D eigenvalue weighted by Crippen LogP contribution is -2.45. The Morgan fingerprint density at radius 3 is 2.59 bits per heavy atom. The second kappa shape index (κ2) is 9.65. The molecular formula is C21H31N7O4. The highest BCUT2D eigenvalue weighted by atomic mass is 16.7. The Morgan fingerprint density at radius 1 is 1.03 bits per heavy atom. The number of rotatable bonds is 7. The summed E-state index contributed by atoms with van der Waals surface area (Å²) in [6.45, 7) is 7.87. The largest absolute Gasteiger partial charge is 0.379 e. The van der Waals surface area contributed by atoms with E-state index < -0.39 is 5.79 Å². The van der Waals surface area contributed by atoms with Crippen LogP contribution >= 0.6 is 0 Å². The number of ether oxygens (including phenoxy) is 3. The molecule has 1 spiro atoms. The van der Waals surface area contributed by atoms with Crippen LogP contribution in [0.2, 0.25) is 0 Å². The molecule has 5 rings (SSSR count). The Bertz CT molecular complexity index is 914. The number of piperidine rings is 1. The molecule has 5 heterocycles. The van der Waals surface area contributed by atoms with E-state index in [1.807, 2.05) is 12.1 Å². The van der Waals surface area contributed by atoms with Crippen molar-refractivity contribution in [2.24, 2.45) is 0 Å². The normalized spacial score (nSPS) is 21.4. The van der Waals surface area contributed by atoms with E-state index in [9.17, 15) is 4.79 Å². The molecule has 0 atom stereocenters. The number of hydrogen-bond acceptors (Lipinski definition) is 9. The van der Waals surface area contributed by atoms with Crippen LogP contribution in [0.4, 0.5) is 5.82 Å². The molecule has 3 fully saturated rings. The van der Waals surface area contributed by atoms with Crippen LogP contribution in [-0.4, -0.2) is 102 Å². The second-order valence-electron chi connectivity index (χ2n) is 8.48. The van der Waals surface area contributed by atoms with Gasteiger partial charge in [0.1, 0.15) is 5.82 Å². The van der Waals surface area contributed by atoms with Gasteiger partial charge in [-0.25, -0.2) is 0 Å². The molecule has 0 aliphatic carbocycles. The summed E-state index contributed by atoms with van der Waals surface area (Å²) < 4.78 is 18.7. The maximum absolute atomic E-state index is 12.3. The van der Waals surface area contributed by atoms with Crippen molar-refractivity contribution in [2.45, 2.75) is 31.5 Å². The number of morpholine rings is 1. The van der Waals surface area contributed by atoms with Crippen LogP contribution in [0.15, 0.2) is 12.1 Å². The van der Waals surface area contributed by atoms with Gasteiger partial charge in [0.2, 0.25) is 5.91 Å². The van der Waals surface area contributed by atoms with Crippen molar-refractivity contribution in [3.63, 3.8) is 0 Å². The summed E-state index contributed by atoms with van der Waals surface area (Å²) in [7, 11) is 0. The number of carbonyl (C=O) groups excluding carboxylic acids is 1. The molecule has 0 aromatic carbocycles. The van der Waals surface area contributed by atoms with Crippen molar-refractivity contribution in [1.82, 2.24) is 30.0 Å². The van der Waals surface area contributed by atoms with E-state index in [0.29, 0.717) is 44.1 Å². The summed E-state index contributed by atoms with van der Waals surface area (Å²) in [5, 5.41) is 16.2. The molecule has 0 unspecified atom stereocenters. The summed E-state index contributed by atoms with van der Waals surface area (Å²) in [5.41, 5.74) is 0.687. The fourth-order valence-corrected chi connectivity index (χ4v) is 4.50. The molecule has 11 heteroatoms. The molecule has 11 nitrogen and oxygen atoms in total. The van der Waals surface area contributed by atoms with Crippen LogP contribution in [0.25, 0.3) is 5.65 Å². The van der Waals surface area contributed by atoms with Gasteiger partial charge in [-0.05, 0) is 12.1 Å². The van der Waals surface area contributed by atoms with E-state index in [0.717, 1.165) is 64.6 Å². The lowest BCUT2D eigenvalue weighted by atomic mass is 10.0. The molecule has 0 bridgehead atoms. The number of nitrogens with one attached hydrogen (secondary N) is 1.